The first-order valence-electron chi connectivity index (χ1n) is 3.34. The molecule has 1 rings (SSSR count). The number of hydrogen-bond acceptors (Lipinski definition) is 0. The Labute approximate surface area is 80.5 Å². The largest absolute Gasteiger partial charge is 1.00 e. The second kappa shape index (κ2) is 5.13. The van der Waals surface area contributed by atoms with Gasteiger partial charge in [-0.05, 0) is 0 Å². The van der Waals surface area contributed by atoms with Crippen molar-refractivity contribution in [3.8, 4) is 0 Å². The molecule has 0 aliphatic heterocycles. The van der Waals surface area contributed by atoms with Crippen LogP contribution in [-0.2, 0) is 0 Å². The minimum atomic E-state index is 0. The first-order valence-corrected chi connectivity index (χ1v) is 3.34. The summed E-state index contributed by atoms with van der Waals surface area (Å²) in [6.07, 6.45) is 2.06. The van der Waals surface area contributed by atoms with Crippen LogP contribution in [0.15, 0.2) is 42.5 Å². The summed E-state index contributed by atoms with van der Waals surface area (Å²) in [4.78, 5) is 0. The van der Waals surface area contributed by atoms with Crippen molar-refractivity contribution in [2.45, 2.75) is 6.92 Å². The topological polar surface area (TPSA) is 0 Å². The van der Waals surface area contributed by atoms with Crippen LogP contribution < -0.4 is 18.9 Å². The average molecular weight is 138 g/mol. The zero-order chi connectivity index (χ0) is 7.40. The first kappa shape index (κ1) is 10.4. The molecule has 1 aromatic carbocycles. The van der Waals surface area contributed by atoms with Gasteiger partial charge in [0.1, 0.15) is 0 Å². The van der Waals surface area contributed by atoms with Gasteiger partial charge in [0, 0.05) is 0 Å². The van der Waals surface area contributed by atoms with Gasteiger partial charge in [-0.2, -0.15) is 6.58 Å². The van der Waals surface area contributed by atoms with Gasteiger partial charge in [0.15, 0.2) is 0 Å². The fraction of sp³-hybridized carbons (Fsp3) is 0.100. The molecular weight excluding hydrogens is 127 g/mol. The van der Waals surface area contributed by atoms with Crippen molar-refractivity contribution in [1.82, 2.24) is 0 Å². The normalized spacial score (nSPS) is 8.09. The Bertz CT molecular complexity index is 214. The van der Waals surface area contributed by atoms with Gasteiger partial charge in [-0.25, -0.2) is 0 Å². The maximum atomic E-state index is 3.79. The zero-order valence-corrected chi connectivity index (χ0v) is 7.17. The van der Waals surface area contributed by atoms with E-state index < -0.39 is 0 Å². The van der Waals surface area contributed by atoms with Crippen LogP contribution in [0.4, 0.5) is 0 Å². The van der Waals surface area contributed by atoms with Crippen molar-refractivity contribution in [3.63, 3.8) is 0 Å². The predicted molar refractivity (Wildman–Crippen MR) is 44.7 cm³/mol. The zero-order valence-electron chi connectivity index (χ0n) is 7.17. The van der Waals surface area contributed by atoms with Crippen LogP contribution in [-0.4, -0.2) is 0 Å². The van der Waals surface area contributed by atoms with Crippen molar-refractivity contribution in [2.24, 2.45) is 0 Å². The van der Waals surface area contributed by atoms with E-state index in [1.807, 2.05) is 25.1 Å². The monoisotopic (exact) mass is 138 g/mol. The number of allylic oxidation sites excluding steroid dienone is 1. The van der Waals surface area contributed by atoms with Crippen LogP contribution in [0.5, 0.6) is 0 Å². The third-order valence-electron chi connectivity index (χ3n) is 1.21. The van der Waals surface area contributed by atoms with Crippen LogP contribution >= 0.6 is 0 Å². The second-order valence-corrected chi connectivity index (χ2v) is 2.40. The molecule has 1 aromatic rings. The van der Waals surface area contributed by atoms with Crippen LogP contribution in [0.1, 0.15) is 12.5 Å². The summed E-state index contributed by atoms with van der Waals surface area (Å²) in [5.41, 5.74) is 2.31. The fourth-order valence-electron chi connectivity index (χ4n) is 0.834. The summed E-state index contributed by atoms with van der Waals surface area (Å²) >= 11 is 0. The Morgan fingerprint density at radius 3 is 2.27 bits per heavy atom. The number of rotatable bonds is 2. The van der Waals surface area contributed by atoms with Gasteiger partial charge in [-0.3, -0.25) is 0 Å². The smallest absolute Gasteiger partial charge is 0.167 e. The Kier molecular flexibility index (Phi) is 4.86. The number of hydrogen-bond donors (Lipinski definition) is 0. The minimum absolute atomic E-state index is 0. The van der Waals surface area contributed by atoms with Crippen molar-refractivity contribution in [1.29, 1.82) is 0 Å². The van der Waals surface area contributed by atoms with Gasteiger partial charge in [-0.1, -0.05) is 13.0 Å². The fourth-order valence-corrected chi connectivity index (χ4v) is 0.834. The molecule has 0 nitrogen and oxygen atoms in total. The van der Waals surface area contributed by atoms with E-state index in [0.717, 1.165) is 5.57 Å². The number of benzene rings is 1. The molecule has 0 aliphatic carbocycles. The van der Waals surface area contributed by atoms with E-state index in [9.17, 15) is 0 Å². The van der Waals surface area contributed by atoms with Crippen LogP contribution in [0.2, 0.25) is 0 Å². The van der Waals surface area contributed by atoms with E-state index in [-0.39, 0.29) is 18.9 Å². The van der Waals surface area contributed by atoms with Crippen molar-refractivity contribution < 1.29 is 18.9 Å². The van der Waals surface area contributed by atoms with Crippen LogP contribution in [0, 0.1) is 6.42 Å². The molecule has 11 heavy (non-hydrogen) atoms. The van der Waals surface area contributed by atoms with Gasteiger partial charge in [-0.15, -0.1) is 41.8 Å². The SMILES string of the molecule is C=C(C)[CH-]c1ccccc1.[Li+]. The van der Waals surface area contributed by atoms with E-state index >= 15 is 0 Å². The summed E-state index contributed by atoms with van der Waals surface area (Å²) in [5, 5.41) is 0. The van der Waals surface area contributed by atoms with Gasteiger partial charge >= 0.3 is 18.9 Å². The molecule has 0 saturated heterocycles. The third-order valence-corrected chi connectivity index (χ3v) is 1.21. The molecule has 0 radical (unpaired) electrons. The maximum Gasteiger partial charge on any atom is 1.00 e. The maximum absolute atomic E-state index is 3.79. The Hall–Kier alpha value is -0.573. The standard InChI is InChI=1S/C10H11.Li/c1-9(2)8-10-6-4-3-5-7-10;/h3-8H,1H2,2H3;/q-1;+1. The molecule has 0 unspecified atom stereocenters. The third kappa shape index (κ3) is 3.98. The molecule has 1 heteroatoms. The first-order chi connectivity index (χ1) is 4.79. The summed E-state index contributed by atoms with van der Waals surface area (Å²) in [6.45, 7) is 5.79. The molecule has 0 aromatic heterocycles. The Morgan fingerprint density at radius 2 is 1.82 bits per heavy atom. The van der Waals surface area contributed by atoms with Crippen molar-refractivity contribution in [2.75, 3.05) is 0 Å². The molecule has 0 N–H and O–H groups in total. The molecule has 0 bridgehead atoms. The summed E-state index contributed by atoms with van der Waals surface area (Å²) < 4.78 is 0. The van der Waals surface area contributed by atoms with Gasteiger partial charge in [0.2, 0.25) is 0 Å². The molecular formula is C10H11Li. The van der Waals surface area contributed by atoms with E-state index in [1.165, 1.54) is 5.56 Å². The van der Waals surface area contributed by atoms with Crippen molar-refractivity contribution in [3.05, 3.63) is 54.5 Å². The summed E-state index contributed by atoms with van der Waals surface area (Å²) in [5.74, 6) is 0. The quantitative estimate of drug-likeness (QED) is 0.393. The summed E-state index contributed by atoms with van der Waals surface area (Å²) in [7, 11) is 0. The van der Waals surface area contributed by atoms with Gasteiger partial charge in [0.25, 0.3) is 0 Å². The molecule has 0 spiro atoms. The van der Waals surface area contributed by atoms with E-state index in [4.69, 9.17) is 0 Å². The van der Waals surface area contributed by atoms with Gasteiger partial charge < -0.3 is 0 Å². The molecule has 0 amide bonds. The van der Waals surface area contributed by atoms with E-state index in [0.29, 0.717) is 0 Å². The van der Waals surface area contributed by atoms with E-state index in [1.54, 1.807) is 0 Å². The Morgan fingerprint density at radius 1 is 1.27 bits per heavy atom. The van der Waals surface area contributed by atoms with Crippen molar-refractivity contribution >= 4 is 0 Å². The molecule has 0 heterocycles. The molecule has 0 atom stereocenters. The molecule has 0 fully saturated rings. The molecule has 0 saturated carbocycles. The van der Waals surface area contributed by atoms with Gasteiger partial charge in [0.05, 0.1) is 0 Å². The van der Waals surface area contributed by atoms with E-state index in [2.05, 4.69) is 25.1 Å². The molecule has 52 valence electrons. The predicted octanol–water partition coefficient (Wildman–Crippen LogP) is -0.181. The van der Waals surface area contributed by atoms with Crippen LogP contribution in [0.25, 0.3) is 0 Å². The second-order valence-electron chi connectivity index (χ2n) is 2.40. The molecule has 0 aliphatic rings. The average Bonchev–Trinajstić information content (AvgIpc) is 1.88. The Balaban J connectivity index is 0.000001000. The minimum Gasteiger partial charge on any atom is -0.167 e. The van der Waals surface area contributed by atoms with Crippen LogP contribution in [0.3, 0.4) is 0 Å². The summed E-state index contributed by atoms with van der Waals surface area (Å²) in [6, 6.07) is 10.2.